The van der Waals surface area contributed by atoms with Crippen molar-refractivity contribution >= 4 is 15.8 Å². The normalized spacial score (nSPS) is 46.1. The van der Waals surface area contributed by atoms with Gasteiger partial charge in [0.1, 0.15) is 0 Å². The van der Waals surface area contributed by atoms with Crippen LogP contribution in [-0.4, -0.2) is 67.6 Å². The molecule has 0 amide bonds. The summed E-state index contributed by atoms with van der Waals surface area (Å²) in [6.45, 7) is 19.0. The predicted octanol–water partition coefficient (Wildman–Crippen LogP) is 8.29. The summed E-state index contributed by atoms with van der Waals surface area (Å²) in [6.07, 6.45) is 21.8. The minimum Gasteiger partial charge on any atom is -0.481 e. The molecule has 9 unspecified atom stereocenters. The number of sulfone groups is 1. The number of nitrogens with one attached hydrogen (secondary N) is 1. The molecule has 6 fully saturated rings. The number of nitrogens with zero attached hydrogens (tertiary/aromatic N) is 1. The van der Waals surface area contributed by atoms with E-state index in [0.29, 0.717) is 46.8 Å². The van der Waals surface area contributed by atoms with Gasteiger partial charge >= 0.3 is 5.97 Å². The zero-order valence-corrected chi connectivity index (χ0v) is 32.6. The van der Waals surface area contributed by atoms with Crippen molar-refractivity contribution in [1.29, 1.82) is 0 Å². The molecule has 7 aliphatic rings. The SMILES string of the molecule is CCC1CCC2(NCCN3CCS(=O)(=O)CC3)CCC3(C)C(CCC4C5(C)CC=C(C=C6CCC(C(=O)O)CC6)C(C)(C)C5CCC43C)C12. The van der Waals surface area contributed by atoms with Crippen LogP contribution < -0.4 is 5.32 Å². The fourth-order valence-electron chi connectivity index (χ4n) is 14.4. The maximum atomic E-state index is 12.0. The summed E-state index contributed by atoms with van der Waals surface area (Å²) in [7, 11) is -2.84. The molecule has 9 atom stereocenters. The van der Waals surface area contributed by atoms with Gasteiger partial charge in [-0.2, -0.15) is 0 Å². The molecule has 7 rings (SSSR count). The van der Waals surface area contributed by atoms with Gasteiger partial charge in [-0.3, -0.25) is 4.79 Å². The zero-order chi connectivity index (χ0) is 35.0. The first-order valence-electron chi connectivity index (χ1n) is 20.4. The second-order valence-corrected chi connectivity index (χ2v) is 21.8. The lowest BCUT2D eigenvalue weighted by molar-refractivity contribution is -0.222. The Labute approximate surface area is 298 Å². The molecular weight excluding hydrogens is 629 g/mol. The van der Waals surface area contributed by atoms with E-state index in [4.69, 9.17) is 0 Å². The minimum atomic E-state index is -2.84. The third-order valence-electron chi connectivity index (χ3n) is 17.4. The van der Waals surface area contributed by atoms with Crippen molar-refractivity contribution in [3.8, 4) is 0 Å². The Kier molecular flexibility index (Phi) is 9.41. The van der Waals surface area contributed by atoms with E-state index in [2.05, 4.69) is 63.9 Å². The summed E-state index contributed by atoms with van der Waals surface area (Å²) in [5, 5.41) is 13.8. The first kappa shape index (κ1) is 36.2. The number of carboxylic acids is 1. The van der Waals surface area contributed by atoms with Crippen molar-refractivity contribution in [2.24, 2.45) is 57.2 Å². The lowest BCUT2D eigenvalue weighted by Crippen LogP contribution is -2.68. The summed E-state index contributed by atoms with van der Waals surface area (Å²) < 4.78 is 24.0. The van der Waals surface area contributed by atoms with Crippen LogP contribution in [0.5, 0.6) is 0 Å². The summed E-state index contributed by atoms with van der Waals surface area (Å²) in [6, 6.07) is 0. The molecule has 49 heavy (non-hydrogen) atoms. The molecule has 1 aliphatic heterocycles. The van der Waals surface area contributed by atoms with Gasteiger partial charge in [0.05, 0.1) is 17.4 Å². The monoisotopic (exact) mass is 696 g/mol. The number of fused-ring (bicyclic) bond motifs is 7. The number of allylic oxidation sites excluding steroid dienone is 4. The smallest absolute Gasteiger partial charge is 0.306 e. The van der Waals surface area contributed by atoms with Crippen molar-refractivity contribution in [3.05, 3.63) is 23.3 Å². The molecule has 6 nitrogen and oxygen atoms in total. The van der Waals surface area contributed by atoms with Crippen molar-refractivity contribution < 1.29 is 18.3 Å². The van der Waals surface area contributed by atoms with E-state index in [1.807, 2.05) is 0 Å². The van der Waals surface area contributed by atoms with Crippen molar-refractivity contribution in [1.82, 2.24) is 10.2 Å². The van der Waals surface area contributed by atoms with Crippen LogP contribution in [0.1, 0.15) is 131 Å². The Morgan fingerprint density at radius 2 is 1.63 bits per heavy atom. The van der Waals surface area contributed by atoms with Crippen LogP contribution in [0, 0.1) is 57.2 Å². The highest BCUT2D eigenvalue weighted by atomic mass is 32.2. The fraction of sp³-hybridized carbons (Fsp3) is 0.881. The van der Waals surface area contributed by atoms with Gasteiger partial charge in [0, 0.05) is 31.7 Å². The molecule has 0 aromatic rings. The molecular formula is C42H68N2O4S. The van der Waals surface area contributed by atoms with Gasteiger partial charge in [-0.1, -0.05) is 65.7 Å². The number of aliphatic carboxylic acids is 1. The average molecular weight is 697 g/mol. The van der Waals surface area contributed by atoms with Crippen LogP contribution in [0.4, 0.5) is 0 Å². The minimum absolute atomic E-state index is 0.131. The van der Waals surface area contributed by atoms with Gasteiger partial charge in [-0.15, -0.1) is 0 Å². The second kappa shape index (κ2) is 12.7. The second-order valence-electron chi connectivity index (χ2n) is 19.5. The standard InChI is InChI=1S/C42H68N2O4S/c1-7-30-14-19-42(43-22-23-44-24-26-49(47,48)27-25-44)21-20-40(5)33(36(30)42)12-13-35-39(4)17-15-32(28-29-8-10-31(11-9-29)37(45)46)38(2,3)34(39)16-18-41(35,40)6/h15,28,30-31,33-36,43H,7-14,16-27H2,1-6H3,(H,45,46). The number of rotatable bonds is 7. The highest BCUT2D eigenvalue weighted by Crippen LogP contribution is 2.76. The fourth-order valence-corrected chi connectivity index (χ4v) is 15.7. The molecule has 0 bridgehead atoms. The lowest BCUT2D eigenvalue weighted by atomic mass is 9.33. The first-order chi connectivity index (χ1) is 23.1. The molecule has 5 saturated carbocycles. The highest BCUT2D eigenvalue weighted by Gasteiger charge is 2.70. The van der Waals surface area contributed by atoms with E-state index in [-0.39, 0.29) is 16.9 Å². The van der Waals surface area contributed by atoms with Gasteiger partial charge in [0.2, 0.25) is 0 Å². The largest absolute Gasteiger partial charge is 0.481 e. The number of carboxylic acid groups (broad SMARTS) is 1. The summed E-state index contributed by atoms with van der Waals surface area (Å²) in [5.74, 6) is 3.60. The van der Waals surface area contributed by atoms with E-state index >= 15 is 0 Å². The topological polar surface area (TPSA) is 86.7 Å². The molecule has 0 aromatic heterocycles. The van der Waals surface area contributed by atoms with Gasteiger partial charge in [0.25, 0.3) is 0 Å². The van der Waals surface area contributed by atoms with Crippen molar-refractivity contribution in [2.75, 3.05) is 37.7 Å². The van der Waals surface area contributed by atoms with Crippen molar-refractivity contribution in [2.45, 2.75) is 137 Å². The van der Waals surface area contributed by atoms with Crippen LogP contribution in [0.2, 0.25) is 0 Å². The van der Waals surface area contributed by atoms with Crippen LogP contribution in [0.15, 0.2) is 23.3 Å². The van der Waals surface area contributed by atoms with Gasteiger partial charge < -0.3 is 15.3 Å². The number of hydrogen-bond donors (Lipinski definition) is 2. The molecule has 1 saturated heterocycles. The zero-order valence-electron chi connectivity index (χ0n) is 31.8. The summed E-state index contributed by atoms with van der Waals surface area (Å²) in [5.41, 5.74) is 4.39. The van der Waals surface area contributed by atoms with Crippen LogP contribution in [0.25, 0.3) is 0 Å². The van der Waals surface area contributed by atoms with Gasteiger partial charge in [0.15, 0.2) is 9.84 Å². The Morgan fingerprint density at radius 3 is 2.31 bits per heavy atom. The Hall–Kier alpha value is -1.18. The van der Waals surface area contributed by atoms with Crippen molar-refractivity contribution in [3.63, 3.8) is 0 Å². The van der Waals surface area contributed by atoms with Crippen LogP contribution in [0.3, 0.4) is 0 Å². The number of carbonyl (C=O) groups is 1. The third kappa shape index (κ3) is 5.85. The molecule has 0 spiro atoms. The van der Waals surface area contributed by atoms with Gasteiger partial charge in [-0.25, -0.2) is 8.42 Å². The molecule has 1 heterocycles. The summed E-state index contributed by atoms with van der Waals surface area (Å²) in [4.78, 5) is 13.9. The lowest BCUT2D eigenvalue weighted by Gasteiger charge is -2.72. The Bertz CT molecular complexity index is 1440. The van der Waals surface area contributed by atoms with Crippen LogP contribution in [-0.2, 0) is 14.6 Å². The molecule has 6 aliphatic carbocycles. The van der Waals surface area contributed by atoms with Gasteiger partial charge in [-0.05, 0) is 140 Å². The van der Waals surface area contributed by atoms with E-state index in [1.165, 1.54) is 75.4 Å². The van der Waals surface area contributed by atoms with Crippen LogP contribution >= 0.6 is 0 Å². The molecule has 7 heteroatoms. The highest BCUT2D eigenvalue weighted by molar-refractivity contribution is 7.91. The average Bonchev–Trinajstić information content (AvgIpc) is 3.42. The summed E-state index contributed by atoms with van der Waals surface area (Å²) >= 11 is 0. The maximum absolute atomic E-state index is 12.0. The Balaban J connectivity index is 1.10. The molecule has 0 radical (unpaired) electrons. The molecule has 0 aromatic carbocycles. The predicted molar refractivity (Wildman–Crippen MR) is 199 cm³/mol. The van der Waals surface area contributed by atoms with E-state index < -0.39 is 15.8 Å². The van der Waals surface area contributed by atoms with E-state index in [9.17, 15) is 18.3 Å². The quantitative estimate of drug-likeness (QED) is 0.279. The third-order valence-corrected chi connectivity index (χ3v) is 19.0. The first-order valence-corrected chi connectivity index (χ1v) is 22.2. The van der Waals surface area contributed by atoms with E-state index in [1.54, 1.807) is 0 Å². The number of hydrogen-bond acceptors (Lipinski definition) is 5. The Morgan fingerprint density at radius 1 is 0.918 bits per heavy atom. The molecule has 276 valence electrons. The maximum Gasteiger partial charge on any atom is 0.306 e. The molecule has 2 N–H and O–H groups in total. The van der Waals surface area contributed by atoms with E-state index in [0.717, 1.165) is 62.4 Å².